The van der Waals surface area contributed by atoms with Gasteiger partial charge in [-0.3, -0.25) is 0 Å². The summed E-state index contributed by atoms with van der Waals surface area (Å²) in [5.74, 6) is 0.201. The summed E-state index contributed by atoms with van der Waals surface area (Å²) in [5.41, 5.74) is 4.43. The van der Waals surface area contributed by atoms with Gasteiger partial charge in [-0.25, -0.2) is 26.3 Å². The average Bonchev–Trinajstić information content (AvgIpc) is 3.15. The highest BCUT2D eigenvalue weighted by Crippen LogP contribution is 2.36. The molecule has 0 spiro atoms. The fraction of sp³-hybridized carbons (Fsp3) is 0.478. The summed E-state index contributed by atoms with van der Waals surface area (Å²) >= 11 is 0. The molecule has 1 fully saturated rings. The maximum atomic E-state index is 12.3. The van der Waals surface area contributed by atoms with E-state index < -0.39 is 25.3 Å². The van der Waals surface area contributed by atoms with Crippen LogP contribution in [0.3, 0.4) is 0 Å². The molecule has 0 aromatic heterocycles. The fourth-order valence-electron chi connectivity index (χ4n) is 4.01. The van der Waals surface area contributed by atoms with Crippen LogP contribution in [-0.4, -0.2) is 40.9 Å². The largest absolute Gasteiger partial charge is 0.215 e. The molecule has 8 heteroatoms. The summed E-state index contributed by atoms with van der Waals surface area (Å²) < 4.78 is 52.3. The van der Waals surface area contributed by atoms with E-state index in [9.17, 15) is 16.8 Å². The molecule has 0 saturated heterocycles. The summed E-state index contributed by atoms with van der Waals surface area (Å²) in [6.07, 6.45) is 4.68. The van der Waals surface area contributed by atoms with Crippen LogP contribution in [0.4, 0.5) is 0 Å². The lowest BCUT2D eigenvalue weighted by atomic mass is 9.92. The Bertz CT molecular complexity index is 1080. The van der Waals surface area contributed by atoms with Crippen molar-refractivity contribution < 1.29 is 16.8 Å². The number of hydrogen-bond donors (Lipinski definition) is 2. The molecule has 0 heterocycles. The predicted octanol–water partition coefficient (Wildman–Crippen LogP) is 3.41. The van der Waals surface area contributed by atoms with Crippen molar-refractivity contribution in [3.05, 3.63) is 59.7 Å². The molecular formula is C23H32N2O4S2. The smallest absolute Gasteiger partial charge is 0.214 e. The van der Waals surface area contributed by atoms with Crippen LogP contribution in [0.15, 0.2) is 48.5 Å². The van der Waals surface area contributed by atoms with Crippen LogP contribution in [0.25, 0.3) is 11.1 Å². The van der Waals surface area contributed by atoms with Gasteiger partial charge in [-0.15, -0.1) is 0 Å². The Balaban J connectivity index is 1.66. The lowest BCUT2D eigenvalue weighted by Crippen LogP contribution is -2.40. The van der Waals surface area contributed by atoms with Gasteiger partial charge in [0, 0.05) is 18.5 Å². The minimum atomic E-state index is -3.28. The molecule has 1 aliphatic carbocycles. The van der Waals surface area contributed by atoms with Crippen LogP contribution in [0.5, 0.6) is 0 Å². The topological polar surface area (TPSA) is 92.3 Å². The van der Waals surface area contributed by atoms with E-state index in [1.54, 1.807) is 13.8 Å². The van der Waals surface area contributed by atoms with Crippen molar-refractivity contribution in [2.45, 2.75) is 56.7 Å². The molecule has 1 saturated carbocycles. The van der Waals surface area contributed by atoms with E-state index in [1.807, 2.05) is 24.3 Å². The minimum Gasteiger partial charge on any atom is -0.215 e. The zero-order valence-electron chi connectivity index (χ0n) is 18.3. The number of hydrogen-bond acceptors (Lipinski definition) is 4. The molecular weight excluding hydrogens is 432 g/mol. The molecule has 170 valence electrons. The van der Waals surface area contributed by atoms with Crippen LogP contribution in [0.2, 0.25) is 0 Å². The summed E-state index contributed by atoms with van der Waals surface area (Å²) in [7, 11) is -6.44. The molecule has 0 unspecified atom stereocenters. The Labute approximate surface area is 186 Å². The summed E-state index contributed by atoms with van der Waals surface area (Å²) in [4.78, 5) is 0. The first-order chi connectivity index (χ1) is 14.5. The molecule has 3 rings (SSSR count). The maximum Gasteiger partial charge on any atom is 0.214 e. The Kier molecular flexibility index (Phi) is 7.57. The van der Waals surface area contributed by atoms with Crippen LogP contribution in [-0.2, 0) is 26.5 Å². The third kappa shape index (κ3) is 6.62. The molecule has 1 aliphatic rings. The van der Waals surface area contributed by atoms with Gasteiger partial charge in [0.1, 0.15) is 0 Å². The van der Waals surface area contributed by atoms with Gasteiger partial charge in [-0.05, 0) is 55.4 Å². The van der Waals surface area contributed by atoms with Crippen LogP contribution in [0, 0.1) is 0 Å². The molecule has 2 aromatic carbocycles. The van der Waals surface area contributed by atoms with Gasteiger partial charge in [-0.2, -0.15) is 0 Å². The predicted molar refractivity (Wildman–Crippen MR) is 126 cm³/mol. The SMILES string of the molecule is CC(C)S(=O)(=O)N[C@@H]1CCC[C@H]1c1ccc(-c2ccc(CCNS(C)(=O)=O)cc2)cc1. The Morgan fingerprint density at radius 3 is 2.03 bits per heavy atom. The number of sulfonamides is 2. The van der Waals surface area contributed by atoms with E-state index in [-0.39, 0.29) is 12.0 Å². The Morgan fingerprint density at radius 2 is 1.48 bits per heavy atom. The summed E-state index contributed by atoms with van der Waals surface area (Å²) in [6, 6.07) is 16.4. The van der Waals surface area contributed by atoms with Crippen LogP contribution in [0.1, 0.15) is 50.2 Å². The van der Waals surface area contributed by atoms with Crippen molar-refractivity contribution in [1.82, 2.24) is 9.44 Å². The number of nitrogens with one attached hydrogen (secondary N) is 2. The third-order valence-electron chi connectivity index (χ3n) is 5.86. The second-order valence-corrected chi connectivity index (χ2v) is 12.7. The first-order valence-electron chi connectivity index (χ1n) is 10.7. The second-order valence-electron chi connectivity index (χ2n) is 8.59. The summed E-state index contributed by atoms with van der Waals surface area (Å²) in [5, 5.41) is -0.429. The van der Waals surface area contributed by atoms with Gasteiger partial charge in [0.2, 0.25) is 20.0 Å². The standard InChI is InChI=1S/C23H32N2O4S2/c1-17(2)31(28,29)25-23-6-4-5-22(23)21-13-11-20(12-14-21)19-9-7-18(8-10-19)15-16-24-30(3,26)27/h7-14,17,22-25H,4-6,15-16H2,1-3H3/t22-,23+/m0/s1. The molecule has 2 atom stereocenters. The van der Waals surface area contributed by atoms with Gasteiger partial charge in [0.15, 0.2) is 0 Å². The lowest BCUT2D eigenvalue weighted by Gasteiger charge is -2.23. The quantitative estimate of drug-likeness (QED) is 0.595. The highest BCUT2D eigenvalue weighted by molar-refractivity contribution is 7.90. The van der Waals surface area contributed by atoms with Gasteiger partial charge in [-0.1, -0.05) is 55.0 Å². The van der Waals surface area contributed by atoms with Crippen molar-refractivity contribution in [1.29, 1.82) is 0 Å². The molecule has 31 heavy (non-hydrogen) atoms. The summed E-state index contributed by atoms with van der Waals surface area (Å²) in [6.45, 7) is 3.79. The minimum absolute atomic E-state index is 0.0434. The third-order valence-corrected chi connectivity index (χ3v) is 8.46. The van der Waals surface area contributed by atoms with Gasteiger partial charge in [0.25, 0.3) is 0 Å². The van der Waals surface area contributed by atoms with Crippen LogP contribution >= 0.6 is 0 Å². The van der Waals surface area contributed by atoms with E-state index in [1.165, 1.54) is 5.56 Å². The van der Waals surface area contributed by atoms with Crippen molar-refractivity contribution in [3.8, 4) is 11.1 Å². The first-order valence-corrected chi connectivity index (χ1v) is 14.1. The van der Waals surface area contributed by atoms with Gasteiger partial charge < -0.3 is 0 Å². The normalized spacial score (nSPS) is 19.7. The monoisotopic (exact) mass is 464 g/mol. The maximum absolute atomic E-state index is 12.3. The Hall–Kier alpha value is -1.74. The molecule has 2 N–H and O–H groups in total. The van der Waals surface area contributed by atoms with E-state index in [0.717, 1.165) is 42.2 Å². The van der Waals surface area contributed by atoms with E-state index in [2.05, 4.69) is 33.7 Å². The molecule has 6 nitrogen and oxygen atoms in total. The molecule has 0 amide bonds. The van der Waals surface area contributed by atoms with E-state index >= 15 is 0 Å². The molecule has 0 aliphatic heterocycles. The zero-order chi connectivity index (χ0) is 22.6. The fourth-order valence-corrected chi connectivity index (χ4v) is 5.46. The van der Waals surface area contributed by atoms with Crippen molar-refractivity contribution in [2.24, 2.45) is 0 Å². The van der Waals surface area contributed by atoms with Gasteiger partial charge >= 0.3 is 0 Å². The average molecular weight is 465 g/mol. The van der Waals surface area contributed by atoms with Crippen molar-refractivity contribution in [2.75, 3.05) is 12.8 Å². The van der Waals surface area contributed by atoms with Crippen molar-refractivity contribution in [3.63, 3.8) is 0 Å². The van der Waals surface area contributed by atoms with E-state index in [4.69, 9.17) is 0 Å². The van der Waals surface area contributed by atoms with Crippen LogP contribution < -0.4 is 9.44 Å². The van der Waals surface area contributed by atoms with E-state index in [0.29, 0.717) is 13.0 Å². The zero-order valence-corrected chi connectivity index (χ0v) is 20.0. The molecule has 0 radical (unpaired) electrons. The van der Waals surface area contributed by atoms with Crippen molar-refractivity contribution >= 4 is 20.0 Å². The highest BCUT2D eigenvalue weighted by Gasteiger charge is 2.32. The number of rotatable bonds is 9. The van der Waals surface area contributed by atoms with Gasteiger partial charge in [0.05, 0.1) is 11.5 Å². The molecule has 0 bridgehead atoms. The first kappa shape index (κ1) is 23.9. The Morgan fingerprint density at radius 1 is 0.903 bits per heavy atom. The number of benzene rings is 2. The second kappa shape index (κ2) is 9.81. The lowest BCUT2D eigenvalue weighted by molar-refractivity contribution is 0.519. The molecule has 2 aromatic rings. The highest BCUT2D eigenvalue weighted by atomic mass is 32.2.